The summed E-state index contributed by atoms with van der Waals surface area (Å²) in [7, 11) is 0. The lowest BCUT2D eigenvalue weighted by Gasteiger charge is -2.08. The SMILES string of the molecule is ClCCCNc1cccc2ccccc12. The molecule has 1 nitrogen and oxygen atoms in total. The van der Waals surface area contributed by atoms with E-state index in [1.165, 1.54) is 16.5 Å². The van der Waals surface area contributed by atoms with Gasteiger partial charge in [0.1, 0.15) is 0 Å². The second-order valence-electron chi connectivity index (χ2n) is 3.50. The number of anilines is 1. The quantitative estimate of drug-likeness (QED) is 0.608. The molecule has 78 valence electrons. The highest BCUT2D eigenvalue weighted by Crippen LogP contribution is 2.22. The van der Waals surface area contributed by atoms with Gasteiger partial charge < -0.3 is 5.32 Å². The molecule has 1 N–H and O–H groups in total. The van der Waals surface area contributed by atoms with Crippen LogP contribution >= 0.6 is 11.6 Å². The highest BCUT2D eigenvalue weighted by atomic mass is 35.5. The van der Waals surface area contributed by atoms with E-state index < -0.39 is 0 Å². The lowest BCUT2D eigenvalue weighted by Crippen LogP contribution is -2.02. The van der Waals surface area contributed by atoms with E-state index in [0.717, 1.165) is 13.0 Å². The molecule has 0 heterocycles. The molecule has 0 fully saturated rings. The fourth-order valence-electron chi connectivity index (χ4n) is 1.67. The number of hydrogen-bond donors (Lipinski definition) is 1. The summed E-state index contributed by atoms with van der Waals surface area (Å²) >= 11 is 5.65. The molecule has 2 aromatic rings. The molecule has 0 saturated heterocycles. The third kappa shape index (κ3) is 2.42. The third-order valence-electron chi connectivity index (χ3n) is 2.42. The normalized spacial score (nSPS) is 10.5. The first-order chi connectivity index (χ1) is 7.42. The highest BCUT2D eigenvalue weighted by Gasteiger charge is 1.98. The van der Waals surface area contributed by atoms with Crippen LogP contribution in [0.25, 0.3) is 10.8 Å². The van der Waals surface area contributed by atoms with Gasteiger partial charge in [0.05, 0.1) is 0 Å². The van der Waals surface area contributed by atoms with Gasteiger partial charge in [0.25, 0.3) is 0 Å². The molecule has 0 spiro atoms. The summed E-state index contributed by atoms with van der Waals surface area (Å²) in [5, 5.41) is 5.95. The fourth-order valence-corrected chi connectivity index (χ4v) is 1.80. The maximum Gasteiger partial charge on any atom is 0.0419 e. The van der Waals surface area contributed by atoms with Crippen LogP contribution in [0.15, 0.2) is 42.5 Å². The Bertz CT molecular complexity index is 434. The Kier molecular flexibility index (Phi) is 3.46. The molecule has 2 rings (SSSR count). The molecular weight excluding hydrogens is 206 g/mol. The summed E-state index contributed by atoms with van der Waals surface area (Å²) in [5.41, 5.74) is 1.19. The Morgan fingerprint density at radius 3 is 2.67 bits per heavy atom. The van der Waals surface area contributed by atoms with E-state index in [-0.39, 0.29) is 0 Å². The topological polar surface area (TPSA) is 12.0 Å². The number of fused-ring (bicyclic) bond motifs is 1. The van der Waals surface area contributed by atoms with Crippen LogP contribution in [0, 0.1) is 0 Å². The first-order valence-electron chi connectivity index (χ1n) is 5.19. The van der Waals surface area contributed by atoms with E-state index in [1.807, 2.05) is 0 Å². The molecule has 0 amide bonds. The van der Waals surface area contributed by atoms with E-state index in [4.69, 9.17) is 11.6 Å². The molecule has 0 unspecified atom stereocenters. The van der Waals surface area contributed by atoms with Gasteiger partial charge in [0, 0.05) is 23.5 Å². The van der Waals surface area contributed by atoms with Gasteiger partial charge >= 0.3 is 0 Å². The molecule has 0 aliphatic rings. The average Bonchev–Trinajstić information content (AvgIpc) is 2.30. The van der Waals surface area contributed by atoms with Crippen LogP contribution in [0.2, 0.25) is 0 Å². The third-order valence-corrected chi connectivity index (χ3v) is 2.68. The summed E-state index contributed by atoms with van der Waals surface area (Å²) in [6.45, 7) is 0.928. The standard InChI is InChI=1S/C13H14ClN/c14-9-4-10-15-13-8-3-6-11-5-1-2-7-12(11)13/h1-3,5-8,15H,4,9-10H2. The predicted molar refractivity (Wildman–Crippen MR) is 67.8 cm³/mol. The lowest BCUT2D eigenvalue weighted by atomic mass is 10.1. The van der Waals surface area contributed by atoms with Crippen molar-refractivity contribution in [3.63, 3.8) is 0 Å². The van der Waals surface area contributed by atoms with Crippen molar-refractivity contribution in [2.45, 2.75) is 6.42 Å². The van der Waals surface area contributed by atoms with Crippen LogP contribution in [0.5, 0.6) is 0 Å². The van der Waals surface area contributed by atoms with Gasteiger partial charge in [-0.25, -0.2) is 0 Å². The van der Waals surface area contributed by atoms with Crippen molar-refractivity contribution >= 4 is 28.1 Å². The van der Waals surface area contributed by atoms with Crippen molar-refractivity contribution in [2.75, 3.05) is 17.7 Å². The summed E-state index contributed by atoms with van der Waals surface area (Å²) in [5.74, 6) is 0.706. The molecule has 2 heteroatoms. The minimum absolute atomic E-state index is 0.706. The van der Waals surface area contributed by atoms with Crippen molar-refractivity contribution in [2.24, 2.45) is 0 Å². The molecule has 0 radical (unpaired) electrons. The first-order valence-corrected chi connectivity index (χ1v) is 5.73. The van der Waals surface area contributed by atoms with Crippen LogP contribution in [0.4, 0.5) is 5.69 Å². The summed E-state index contributed by atoms with van der Waals surface area (Å²) < 4.78 is 0. The van der Waals surface area contributed by atoms with Crippen molar-refractivity contribution in [1.82, 2.24) is 0 Å². The van der Waals surface area contributed by atoms with Crippen molar-refractivity contribution in [3.05, 3.63) is 42.5 Å². The van der Waals surface area contributed by atoms with Crippen molar-refractivity contribution in [1.29, 1.82) is 0 Å². The number of nitrogens with one attached hydrogen (secondary N) is 1. The van der Waals surface area contributed by atoms with Crippen LogP contribution in [0.3, 0.4) is 0 Å². The fraction of sp³-hybridized carbons (Fsp3) is 0.231. The molecule has 0 saturated carbocycles. The molecular formula is C13H14ClN. The summed E-state index contributed by atoms with van der Waals surface area (Å²) in [6, 6.07) is 14.7. The molecule has 15 heavy (non-hydrogen) atoms. The molecule has 2 aromatic carbocycles. The molecule has 0 atom stereocenters. The van der Waals surface area contributed by atoms with Crippen LogP contribution in [-0.4, -0.2) is 12.4 Å². The van der Waals surface area contributed by atoms with Gasteiger partial charge in [0.2, 0.25) is 0 Å². The summed E-state index contributed by atoms with van der Waals surface area (Å²) in [4.78, 5) is 0. The van der Waals surface area contributed by atoms with E-state index in [0.29, 0.717) is 5.88 Å². The molecule has 0 aromatic heterocycles. The van der Waals surface area contributed by atoms with Gasteiger partial charge in [-0.3, -0.25) is 0 Å². The Morgan fingerprint density at radius 2 is 1.80 bits per heavy atom. The van der Waals surface area contributed by atoms with Crippen LogP contribution in [-0.2, 0) is 0 Å². The Balaban J connectivity index is 2.26. The van der Waals surface area contributed by atoms with E-state index >= 15 is 0 Å². The predicted octanol–water partition coefficient (Wildman–Crippen LogP) is 3.88. The Morgan fingerprint density at radius 1 is 1.00 bits per heavy atom. The number of rotatable bonds is 4. The van der Waals surface area contributed by atoms with Crippen molar-refractivity contribution < 1.29 is 0 Å². The zero-order valence-electron chi connectivity index (χ0n) is 8.54. The van der Waals surface area contributed by atoms with Crippen LogP contribution in [0.1, 0.15) is 6.42 Å². The number of hydrogen-bond acceptors (Lipinski definition) is 1. The van der Waals surface area contributed by atoms with Crippen LogP contribution < -0.4 is 5.32 Å². The van der Waals surface area contributed by atoms with E-state index in [1.54, 1.807) is 0 Å². The highest BCUT2D eigenvalue weighted by molar-refractivity contribution is 6.17. The second kappa shape index (κ2) is 5.04. The maximum absolute atomic E-state index is 5.65. The lowest BCUT2D eigenvalue weighted by molar-refractivity contribution is 0.989. The van der Waals surface area contributed by atoms with Gasteiger partial charge in [-0.15, -0.1) is 11.6 Å². The minimum Gasteiger partial charge on any atom is -0.385 e. The molecule has 0 aliphatic heterocycles. The Hall–Kier alpha value is -1.21. The number of halogens is 1. The smallest absolute Gasteiger partial charge is 0.0419 e. The van der Waals surface area contributed by atoms with Gasteiger partial charge in [-0.05, 0) is 17.9 Å². The maximum atomic E-state index is 5.65. The number of alkyl halides is 1. The Labute approximate surface area is 95.1 Å². The minimum atomic E-state index is 0.706. The number of benzene rings is 2. The van der Waals surface area contributed by atoms with E-state index in [2.05, 4.69) is 47.8 Å². The largest absolute Gasteiger partial charge is 0.385 e. The van der Waals surface area contributed by atoms with Gasteiger partial charge in [-0.1, -0.05) is 36.4 Å². The monoisotopic (exact) mass is 219 g/mol. The molecule has 0 aliphatic carbocycles. The van der Waals surface area contributed by atoms with Gasteiger partial charge in [0.15, 0.2) is 0 Å². The van der Waals surface area contributed by atoms with Crippen molar-refractivity contribution in [3.8, 4) is 0 Å². The average molecular weight is 220 g/mol. The zero-order valence-corrected chi connectivity index (χ0v) is 9.30. The summed E-state index contributed by atoms with van der Waals surface area (Å²) in [6.07, 6.45) is 0.991. The molecule has 0 bridgehead atoms. The second-order valence-corrected chi connectivity index (χ2v) is 3.87. The van der Waals surface area contributed by atoms with Gasteiger partial charge in [-0.2, -0.15) is 0 Å². The van der Waals surface area contributed by atoms with E-state index in [9.17, 15) is 0 Å². The first kappa shape index (κ1) is 10.3. The zero-order chi connectivity index (χ0) is 10.5.